The minimum Gasteiger partial charge on any atom is -0.489 e. The van der Waals surface area contributed by atoms with Gasteiger partial charge in [0.05, 0.1) is 18.6 Å². The summed E-state index contributed by atoms with van der Waals surface area (Å²) in [7, 11) is 0. The maximum absolute atomic E-state index is 12.2. The lowest BCUT2D eigenvalue weighted by molar-refractivity contribution is -0.135. The average molecular weight is 309 g/mol. The van der Waals surface area contributed by atoms with Crippen LogP contribution < -0.4 is 9.47 Å². The summed E-state index contributed by atoms with van der Waals surface area (Å²) >= 11 is 6.03. The quantitative estimate of drug-likeness (QED) is 0.752. The minimum absolute atomic E-state index is 0.152. The lowest BCUT2D eigenvalue weighted by Gasteiger charge is -2.14. The van der Waals surface area contributed by atoms with Crippen LogP contribution in [0.4, 0.5) is 13.2 Å². The number of ether oxygens (including phenoxy) is 2. The summed E-state index contributed by atoms with van der Waals surface area (Å²) in [6.07, 6.45) is -5.23. The van der Waals surface area contributed by atoms with E-state index in [1.54, 1.807) is 18.2 Å². The first-order valence-corrected chi connectivity index (χ1v) is 6.89. The third-order valence-corrected chi connectivity index (χ3v) is 3.53. The Hall–Kier alpha value is -1.10. The first-order chi connectivity index (χ1) is 9.35. The van der Waals surface area contributed by atoms with E-state index in [0.717, 1.165) is 0 Å². The molecule has 0 spiro atoms. The Bertz CT molecular complexity index is 462. The van der Waals surface area contributed by atoms with Crippen molar-refractivity contribution in [2.45, 2.75) is 31.3 Å². The van der Waals surface area contributed by atoms with Gasteiger partial charge in [-0.1, -0.05) is 13.0 Å². The van der Waals surface area contributed by atoms with Crippen molar-refractivity contribution in [1.29, 1.82) is 0 Å². The second-order valence-electron chi connectivity index (χ2n) is 5.05. The van der Waals surface area contributed by atoms with E-state index >= 15 is 0 Å². The third-order valence-electron chi connectivity index (χ3n) is 3.06. The smallest absolute Gasteiger partial charge is 0.389 e. The molecule has 2 unspecified atom stereocenters. The van der Waals surface area contributed by atoms with Gasteiger partial charge in [0.15, 0.2) is 11.5 Å². The molecule has 0 N–H and O–H groups in total. The Labute approximate surface area is 120 Å². The molecule has 6 heteroatoms. The Morgan fingerprint density at radius 2 is 1.90 bits per heavy atom. The van der Waals surface area contributed by atoms with Crippen molar-refractivity contribution in [3.8, 4) is 11.5 Å². The van der Waals surface area contributed by atoms with E-state index in [-0.39, 0.29) is 12.3 Å². The first-order valence-electron chi connectivity index (χ1n) is 6.45. The van der Waals surface area contributed by atoms with Gasteiger partial charge in [-0.05, 0) is 24.1 Å². The Balaban J connectivity index is 2.07. The van der Waals surface area contributed by atoms with Gasteiger partial charge in [-0.2, -0.15) is 13.2 Å². The van der Waals surface area contributed by atoms with Gasteiger partial charge in [0.1, 0.15) is 0 Å². The second kappa shape index (κ2) is 6.12. The molecule has 2 atom stereocenters. The molecule has 0 bridgehead atoms. The van der Waals surface area contributed by atoms with Crippen LogP contribution in [-0.4, -0.2) is 19.4 Å². The summed E-state index contributed by atoms with van der Waals surface area (Å²) < 4.78 is 47.7. The zero-order valence-electron chi connectivity index (χ0n) is 11.0. The van der Waals surface area contributed by atoms with Crippen LogP contribution in [0, 0.1) is 5.92 Å². The highest BCUT2D eigenvalue weighted by atomic mass is 35.5. The number of hydrogen-bond acceptors (Lipinski definition) is 2. The van der Waals surface area contributed by atoms with E-state index in [2.05, 4.69) is 0 Å². The highest BCUT2D eigenvalue weighted by Crippen LogP contribution is 2.37. The largest absolute Gasteiger partial charge is 0.489 e. The second-order valence-corrected chi connectivity index (χ2v) is 5.58. The van der Waals surface area contributed by atoms with Crippen LogP contribution >= 0.6 is 11.6 Å². The molecule has 1 aliphatic rings. The molecular formula is C14H16ClF3O2. The van der Waals surface area contributed by atoms with Crippen molar-refractivity contribution in [2.24, 2.45) is 5.92 Å². The molecule has 2 rings (SSSR count). The van der Waals surface area contributed by atoms with Gasteiger partial charge in [-0.25, -0.2) is 0 Å². The van der Waals surface area contributed by atoms with Gasteiger partial charge in [0.25, 0.3) is 0 Å². The fourth-order valence-electron chi connectivity index (χ4n) is 1.92. The zero-order chi connectivity index (χ0) is 14.8. The molecule has 1 aliphatic heterocycles. The van der Waals surface area contributed by atoms with Gasteiger partial charge in [-0.3, -0.25) is 0 Å². The van der Waals surface area contributed by atoms with Crippen molar-refractivity contribution >= 4 is 11.6 Å². The molecular weight excluding hydrogens is 293 g/mol. The fourth-order valence-corrected chi connectivity index (χ4v) is 2.17. The summed E-state index contributed by atoms with van der Waals surface area (Å²) in [5.74, 6) is 1.42. The topological polar surface area (TPSA) is 18.5 Å². The van der Waals surface area contributed by atoms with E-state index in [9.17, 15) is 13.2 Å². The predicted octanol–water partition coefficient (Wildman–Crippen LogP) is 4.72. The van der Waals surface area contributed by atoms with E-state index in [4.69, 9.17) is 21.1 Å². The van der Waals surface area contributed by atoms with Gasteiger partial charge in [-0.15, -0.1) is 11.6 Å². The van der Waals surface area contributed by atoms with E-state index < -0.39 is 18.0 Å². The first kappa shape index (κ1) is 15.3. The van der Waals surface area contributed by atoms with Gasteiger partial charge in [0.2, 0.25) is 0 Å². The van der Waals surface area contributed by atoms with Gasteiger partial charge < -0.3 is 9.47 Å². The molecule has 0 aliphatic carbocycles. The lowest BCUT2D eigenvalue weighted by atomic mass is 10.1. The molecule has 1 aromatic rings. The molecule has 0 radical (unpaired) electrons. The standard InChI is InChI=1S/C14H16ClF3O2/c1-9-7-19-12-3-2-10(6-13(12)20-8-9)11(15)4-5-14(16,17)18/h2-3,6,9,11H,4-5,7-8H2,1H3. The van der Waals surface area contributed by atoms with Crippen LogP contribution in [-0.2, 0) is 0 Å². The number of fused-ring (bicyclic) bond motifs is 1. The molecule has 0 amide bonds. The van der Waals surface area contributed by atoms with Crippen LogP contribution in [0.15, 0.2) is 18.2 Å². The predicted molar refractivity (Wildman–Crippen MR) is 70.5 cm³/mol. The minimum atomic E-state index is -4.19. The van der Waals surface area contributed by atoms with E-state index in [1.165, 1.54) is 0 Å². The number of alkyl halides is 4. The Kier molecular flexibility index (Phi) is 4.68. The summed E-state index contributed by atoms with van der Waals surface area (Å²) in [6.45, 7) is 3.08. The maximum atomic E-state index is 12.2. The number of halogens is 4. The number of hydrogen-bond donors (Lipinski definition) is 0. The fraction of sp³-hybridized carbons (Fsp3) is 0.571. The van der Waals surface area contributed by atoms with Crippen molar-refractivity contribution in [2.75, 3.05) is 13.2 Å². The van der Waals surface area contributed by atoms with Gasteiger partial charge in [0, 0.05) is 12.3 Å². The van der Waals surface area contributed by atoms with Crippen molar-refractivity contribution in [3.63, 3.8) is 0 Å². The highest BCUT2D eigenvalue weighted by molar-refractivity contribution is 6.20. The lowest BCUT2D eigenvalue weighted by Crippen LogP contribution is -2.12. The van der Waals surface area contributed by atoms with E-state index in [0.29, 0.717) is 30.3 Å². The molecule has 112 valence electrons. The molecule has 0 fully saturated rings. The monoisotopic (exact) mass is 308 g/mol. The van der Waals surface area contributed by atoms with Crippen LogP contribution in [0.5, 0.6) is 11.5 Å². The van der Waals surface area contributed by atoms with Crippen molar-refractivity contribution in [3.05, 3.63) is 23.8 Å². The molecule has 1 aromatic carbocycles. The summed E-state index contributed by atoms with van der Waals surface area (Å²) in [5, 5.41) is -0.689. The summed E-state index contributed by atoms with van der Waals surface area (Å²) in [5.41, 5.74) is 0.618. The Morgan fingerprint density at radius 1 is 1.25 bits per heavy atom. The number of rotatable bonds is 3. The molecule has 20 heavy (non-hydrogen) atoms. The summed E-state index contributed by atoms with van der Waals surface area (Å²) in [6, 6.07) is 5.05. The van der Waals surface area contributed by atoms with Crippen LogP contribution in [0.2, 0.25) is 0 Å². The van der Waals surface area contributed by atoms with Crippen LogP contribution in [0.25, 0.3) is 0 Å². The van der Waals surface area contributed by atoms with Gasteiger partial charge >= 0.3 is 6.18 Å². The SMILES string of the molecule is CC1COc2ccc(C(Cl)CCC(F)(F)F)cc2OC1. The highest BCUT2D eigenvalue weighted by Gasteiger charge is 2.28. The van der Waals surface area contributed by atoms with Crippen LogP contribution in [0.3, 0.4) is 0 Å². The maximum Gasteiger partial charge on any atom is 0.389 e. The van der Waals surface area contributed by atoms with E-state index in [1.807, 2.05) is 6.92 Å². The molecule has 1 heterocycles. The molecule has 0 saturated heterocycles. The number of benzene rings is 1. The zero-order valence-corrected chi connectivity index (χ0v) is 11.8. The third kappa shape index (κ3) is 4.20. The van der Waals surface area contributed by atoms with Crippen molar-refractivity contribution < 1.29 is 22.6 Å². The van der Waals surface area contributed by atoms with Crippen LogP contribution in [0.1, 0.15) is 30.7 Å². The van der Waals surface area contributed by atoms with Crippen molar-refractivity contribution in [1.82, 2.24) is 0 Å². The Morgan fingerprint density at radius 3 is 2.55 bits per heavy atom. The molecule has 0 aromatic heterocycles. The molecule has 2 nitrogen and oxygen atoms in total. The molecule has 0 saturated carbocycles. The normalized spacial score (nSPS) is 20.4. The summed E-state index contributed by atoms with van der Waals surface area (Å²) in [4.78, 5) is 0. The average Bonchev–Trinajstić information content (AvgIpc) is 2.57.